The van der Waals surface area contributed by atoms with E-state index in [0.717, 1.165) is 29.8 Å². The third-order valence-electron chi connectivity index (χ3n) is 6.03. The molecular weight excluding hydrogens is 448 g/mol. The summed E-state index contributed by atoms with van der Waals surface area (Å²) < 4.78 is 35.3. The van der Waals surface area contributed by atoms with E-state index in [2.05, 4.69) is 0 Å². The van der Waals surface area contributed by atoms with Gasteiger partial charge in [0.1, 0.15) is 17.4 Å². The van der Waals surface area contributed by atoms with E-state index < -0.39 is 5.82 Å². The molecule has 5 rings (SSSR count). The van der Waals surface area contributed by atoms with Gasteiger partial charge in [-0.15, -0.1) is 0 Å². The highest BCUT2D eigenvalue weighted by molar-refractivity contribution is 5.94. The van der Waals surface area contributed by atoms with Crippen LogP contribution in [0.1, 0.15) is 41.4 Å². The van der Waals surface area contributed by atoms with E-state index in [4.69, 9.17) is 9.84 Å². The zero-order chi connectivity index (χ0) is 24.4. The second-order valence-corrected chi connectivity index (χ2v) is 8.56. The third-order valence-corrected chi connectivity index (χ3v) is 6.03. The Morgan fingerprint density at radius 3 is 2.40 bits per heavy atom. The van der Waals surface area contributed by atoms with Crippen LogP contribution < -0.4 is 4.74 Å². The fourth-order valence-electron chi connectivity index (χ4n) is 4.09. The molecule has 1 saturated carbocycles. The Bertz CT molecular complexity index is 1330. The Labute approximate surface area is 202 Å². The number of hydrogen-bond acceptors (Lipinski definition) is 3. The van der Waals surface area contributed by atoms with Crippen molar-refractivity contribution in [2.24, 2.45) is 0 Å². The second-order valence-electron chi connectivity index (χ2n) is 8.56. The van der Waals surface area contributed by atoms with Crippen molar-refractivity contribution in [3.8, 4) is 17.3 Å². The molecule has 0 bridgehead atoms. The van der Waals surface area contributed by atoms with Gasteiger partial charge in [-0.1, -0.05) is 31.2 Å². The number of halogens is 2. The number of carbonyl (C=O) groups excluding carboxylic acids is 1. The SMILES string of the molecule is CCc1nn(-c2ccccc2)c(Oc2cccc(F)c2)c1CN(C(=O)c1ccc(F)cc1)C1CC1. The third kappa shape index (κ3) is 4.94. The van der Waals surface area contributed by atoms with Gasteiger partial charge in [-0.2, -0.15) is 5.10 Å². The highest BCUT2D eigenvalue weighted by Crippen LogP contribution is 2.36. The molecule has 0 saturated heterocycles. The van der Waals surface area contributed by atoms with Crippen molar-refractivity contribution >= 4 is 5.91 Å². The monoisotopic (exact) mass is 473 g/mol. The largest absolute Gasteiger partial charge is 0.438 e. The Balaban J connectivity index is 1.57. The minimum atomic E-state index is -0.406. The maximum Gasteiger partial charge on any atom is 0.254 e. The Kier molecular flexibility index (Phi) is 6.31. The first kappa shape index (κ1) is 22.8. The van der Waals surface area contributed by atoms with Crippen LogP contribution in [0, 0.1) is 11.6 Å². The summed E-state index contributed by atoms with van der Waals surface area (Å²) in [6, 6.07) is 21.2. The van der Waals surface area contributed by atoms with Crippen LogP contribution in [0.3, 0.4) is 0 Å². The molecule has 4 aromatic rings. The van der Waals surface area contributed by atoms with E-state index in [-0.39, 0.29) is 24.3 Å². The van der Waals surface area contributed by atoms with Gasteiger partial charge in [0, 0.05) is 17.7 Å². The normalized spacial score (nSPS) is 13.0. The number of nitrogens with zero attached hydrogens (tertiary/aromatic N) is 3. The number of hydrogen-bond donors (Lipinski definition) is 0. The summed E-state index contributed by atoms with van der Waals surface area (Å²) in [5.41, 5.74) is 2.78. The van der Waals surface area contributed by atoms with Crippen LogP contribution in [0.2, 0.25) is 0 Å². The molecule has 178 valence electrons. The molecule has 5 nitrogen and oxygen atoms in total. The standard InChI is InChI=1S/C28H25F2N3O2/c1-2-26-25(18-32(22-15-16-22)27(34)19-11-13-20(29)14-12-19)28(35-24-10-6-7-21(30)17-24)33(31-26)23-8-4-3-5-9-23/h3-14,17,22H,2,15-16,18H2,1H3. The predicted octanol–water partition coefficient (Wildman–Crippen LogP) is 6.31. The molecular formula is C28H25F2N3O2. The van der Waals surface area contributed by atoms with Crippen molar-refractivity contribution in [2.75, 3.05) is 0 Å². The van der Waals surface area contributed by atoms with Gasteiger partial charge in [-0.05, 0) is 67.8 Å². The molecule has 35 heavy (non-hydrogen) atoms. The number of para-hydroxylation sites is 1. The molecule has 1 fully saturated rings. The molecule has 0 spiro atoms. The van der Waals surface area contributed by atoms with Crippen molar-refractivity contribution < 1.29 is 18.3 Å². The zero-order valence-electron chi connectivity index (χ0n) is 19.3. The van der Waals surface area contributed by atoms with Gasteiger partial charge in [0.25, 0.3) is 5.91 Å². The van der Waals surface area contributed by atoms with Crippen LogP contribution in [0.4, 0.5) is 8.78 Å². The molecule has 0 aliphatic heterocycles. The molecule has 0 radical (unpaired) electrons. The lowest BCUT2D eigenvalue weighted by Crippen LogP contribution is -2.33. The lowest BCUT2D eigenvalue weighted by Gasteiger charge is -2.23. The summed E-state index contributed by atoms with van der Waals surface area (Å²) in [6.45, 7) is 2.28. The van der Waals surface area contributed by atoms with Gasteiger partial charge < -0.3 is 9.64 Å². The van der Waals surface area contributed by atoms with E-state index in [1.165, 1.54) is 36.4 Å². The van der Waals surface area contributed by atoms with E-state index in [1.807, 2.05) is 37.3 Å². The lowest BCUT2D eigenvalue weighted by atomic mass is 10.1. The van der Waals surface area contributed by atoms with Gasteiger partial charge in [0.2, 0.25) is 5.88 Å². The summed E-state index contributed by atoms with van der Waals surface area (Å²) in [7, 11) is 0. The van der Waals surface area contributed by atoms with Gasteiger partial charge in [0.05, 0.1) is 23.5 Å². The van der Waals surface area contributed by atoms with Gasteiger partial charge in [-0.25, -0.2) is 13.5 Å². The highest BCUT2D eigenvalue weighted by Gasteiger charge is 2.35. The summed E-state index contributed by atoms with van der Waals surface area (Å²) in [5, 5.41) is 4.80. The molecule has 1 aliphatic carbocycles. The molecule has 0 atom stereocenters. The first-order chi connectivity index (χ1) is 17.0. The number of carbonyl (C=O) groups is 1. The van der Waals surface area contributed by atoms with Crippen LogP contribution in [0.5, 0.6) is 11.6 Å². The van der Waals surface area contributed by atoms with Crippen LogP contribution in [-0.4, -0.2) is 26.6 Å². The number of amides is 1. The molecule has 1 aliphatic rings. The number of aromatic nitrogens is 2. The molecule has 3 aromatic carbocycles. The van der Waals surface area contributed by atoms with Crippen LogP contribution in [-0.2, 0) is 13.0 Å². The van der Waals surface area contributed by atoms with Crippen molar-refractivity contribution in [3.05, 3.63) is 107 Å². The summed E-state index contributed by atoms with van der Waals surface area (Å²) in [5.74, 6) is -0.178. The second kappa shape index (κ2) is 9.70. The van der Waals surface area contributed by atoms with Crippen molar-refractivity contribution in [1.82, 2.24) is 14.7 Å². The zero-order valence-corrected chi connectivity index (χ0v) is 19.3. The van der Waals surface area contributed by atoms with Crippen molar-refractivity contribution in [3.63, 3.8) is 0 Å². The Hall–Kier alpha value is -4.00. The minimum Gasteiger partial charge on any atom is -0.438 e. The highest BCUT2D eigenvalue weighted by atomic mass is 19.1. The lowest BCUT2D eigenvalue weighted by molar-refractivity contribution is 0.0728. The number of benzene rings is 3. The minimum absolute atomic E-state index is 0.0966. The Morgan fingerprint density at radius 2 is 1.74 bits per heavy atom. The van der Waals surface area contributed by atoms with Crippen LogP contribution in [0.25, 0.3) is 5.69 Å². The quantitative estimate of drug-likeness (QED) is 0.301. The average Bonchev–Trinajstić information content (AvgIpc) is 3.66. The molecule has 7 heteroatoms. The summed E-state index contributed by atoms with van der Waals surface area (Å²) >= 11 is 0. The van der Waals surface area contributed by atoms with Gasteiger partial charge in [0.15, 0.2) is 0 Å². The number of rotatable bonds is 8. The van der Waals surface area contributed by atoms with Crippen LogP contribution >= 0.6 is 0 Å². The smallest absolute Gasteiger partial charge is 0.254 e. The van der Waals surface area contributed by atoms with E-state index in [9.17, 15) is 13.6 Å². The molecule has 1 aromatic heterocycles. The fraction of sp³-hybridized carbons (Fsp3) is 0.214. The first-order valence-corrected chi connectivity index (χ1v) is 11.7. The van der Waals surface area contributed by atoms with Crippen LogP contribution in [0.15, 0.2) is 78.9 Å². The summed E-state index contributed by atoms with van der Waals surface area (Å²) in [6.07, 6.45) is 2.43. The average molecular weight is 474 g/mol. The van der Waals surface area contributed by atoms with Crippen molar-refractivity contribution in [1.29, 1.82) is 0 Å². The number of ether oxygens (including phenoxy) is 1. The maximum absolute atomic E-state index is 13.9. The molecule has 1 amide bonds. The fourth-order valence-corrected chi connectivity index (χ4v) is 4.09. The predicted molar refractivity (Wildman–Crippen MR) is 129 cm³/mol. The van der Waals surface area contributed by atoms with E-state index in [0.29, 0.717) is 23.6 Å². The van der Waals surface area contributed by atoms with Gasteiger partial charge >= 0.3 is 0 Å². The topological polar surface area (TPSA) is 47.4 Å². The molecule has 0 unspecified atom stereocenters. The maximum atomic E-state index is 13.9. The van der Waals surface area contributed by atoms with E-state index >= 15 is 0 Å². The van der Waals surface area contributed by atoms with Crippen molar-refractivity contribution in [2.45, 2.75) is 38.8 Å². The molecule has 0 N–H and O–H groups in total. The first-order valence-electron chi connectivity index (χ1n) is 11.7. The summed E-state index contributed by atoms with van der Waals surface area (Å²) in [4.78, 5) is 15.2. The van der Waals surface area contributed by atoms with E-state index in [1.54, 1.807) is 21.7 Å². The number of aryl methyl sites for hydroxylation is 1. The molecule has 1 heterocycles. The van der Waals surface area contributed by atoms with Gasteiger partial charge in [-0.3, -0.25) is 4.79 Å². The Morgan fingerprint density at radius 1 is 1.00 bits per heavy atom.